The summed E-state index contributed by atoms with van der Waals surface area (Å²) >= 11 is 1.15. The van der Waals surface area contributed by atoms with Gasteiger partial charge in [0.15, 0.2) is 22.3 Å². The minimum absolute atomic E-state index is 0.0392. The molecule has 0 radical (unpaired) electrons. The zero-order valence-corrected chi connectivity index (χ0v) is 19.1. The van der Waals surface area contributed by atoms with Crippen LogP contribution in [0.1, 0.15) is 6.92 Å². The summed E-state index contributed by atoms with van der Waals surface area (Å²) in [7, 11) is 0. The number of anilines is 1. The van der Waals surface area contributed by atoms with Crippen molar-refractivity contribution >= 4 is 34.4 Å². The molecule has 0 aliphatic carbocycles. The number of H-pyrrole nitrogens is 1. The summed E-state index contributed by atoms with van der Waals surface area (Å²) in [4.78, 5) is 30.4. The number of aromatic nitrogens is 4. The minimum atomic E-state index is -0.280. The van der Waals surface area contributed by atoms with E-state index in [4.69, 9.17) is 14.2 Å². The van der Waals surface area contributed by atoms with Gasteiger partial charge in [-0.25, -0.2) is 4.98 Å². The average Bonchev–Trinajstić information content (AvgIpc) is 3.33. The Morgan fingerprint density at radius 3 is 2.76 bits per heavy atom. The zero-order chi connectivity index (χ0) is 23.5. The molecule has 1 aliphatic rings. The predicted molar refractivity (Wildman–Crippen MR) is 127 cm³/mol. The highest BCUT2D eigenvalue weighted by molar-refractivity contribution is 7.99. The Morgan fingerprint density at radius 1 is 1.18 bits per heavy atom. The van der Waals surface area contributed by atoms with Gasteiger partial charge in [-0.3, -0.25) is 19.3 Å². The number of carbonyl (C=O) groups is 1. The molecule has 0 bridgehead atoms. The quantitative estimate of drug-likeness (QED) is 0.307. The van der Waals surface area contributed by atoms with Gasteiger partial charge in [-0.2, -0.15) is 5.10 Å². The van der Waals surface area contributed by atoms with Crippen LogP contribution in [0.25, 0.3) is 16.7 Å². The maximum atomic E-state index is 13.2. The van der Waals surface area contributed by atoms with E-state index in [0.717, 1.165) is 11.8 Å². The van der Waals surface area contributed by atoms with E-state index >= 15 is 0 Å². The van der Waals surface area contributed by atoms with Crippen molar-refractivity contribution in [2.45, 2.75) is 12.1 Å². The summed E-state index contributed by atoms with van der Waals surface area (Å²) in [6.45, 7) is 3.41. The van der Waals surface area contributed by atoms with Crippen molar-refractivity contribution in [3.05, 3.63) is 59.0 Å². The molecule has 174 valence electrons. The molecule has 4 aromatic rings. The number of nitrogens with zero attached hydrogens (tertiary/aromatic N) is 3. The predicted octanol–water partition coefficient (Wildman–Crippen LogP) is 3.01. The first-order valence-electron chi connectivity index (χ1n) is 10.6. The number of rotatable bonds is 7. The van der Waals surface area contributed by atoms with Crippen LogP contribution in [-0.4, -0.2) is 51.2 Å². The Labute approximate surface area is 198 Å². The molecule has 2 aromatic carbocycles. The number of fused-ring (bicyclic) bond motifs is 2. The van der Waals surface area contributed by atoms with E-state index in [1.807, 2.05) is 6.92 Å². The Kier molecular flexibility index (Phi) is 6.09. The number of nitrogens with one attached hydrogen (secondary N) is 2. The molecule has 11 heteroatoms. The van der Waals surface area contributed by atoms with Crippen molar-refractivity contribution in [1.82, 2.24) is 19.7 Å². The molecule has 3 heterocycles. The van der Waals surface area contributed by atoms with Crippen LogP contribution >= 0.6 is 11.8 Å². The molecule has 2 N–H and O–H groups in total. The fourth-order valence-corrected chi connectivity index (χ4v) is 4.31. The van der Waals surface area contributed by atoms with E-state index in [1.54, 1.807) is 42.5 Å². The largest absolute Gasteiger partial charge is 0.494 e. The van der Waals surface area contributed by atoms with E-state index in [-0.39, 0.29) is 17.2 Å². The summed E-state index contributed by atoms with van der Waals surface area (Å²) in [6, 6.07) is 12.4. The Hall–Kier alpha value is -3.99. The van der Waals surface area contributed by atoms with Gasteiger partial charge in [0.05, 0.1) is 24.2 Å². The Balaban J connectivity index is 1.38. The number of ether oxygens (including phenoxy) is 3. The number of hydrogen-bond donors (Lipinski definition) is 2. The number of carbonyl (C=O) groups excluding carboxylic acids is 1. The second kappa shape index (κ2) is 9.48. The van der Waals surface area contributed by atoms with Crippen LogP contribution in [0.2, 0.25) is 0 Å². The minimum Gasteiger partial charge on any atom is -0.494 e. The van der Waals surface area contributed by atoms with Gasteiger partial charge >= 0.3 is 0 Å². The second-order valence-corrected chi connectivity index (χ2v) is 8.23. The van der Waals surface area contributed by atoms with Gasteiger partial charge in [0.1, 0.15) is 24.3 Å². The van der Waals surface area contributed by atoms with Gasteiger partial charge in [0.2, 0.25) is 5.91 Å². The van der Waals surface area contributed by atoms with Crippen LogP contribution < -0.4 is 25.1 Å². The smallest absolute Gasteiger partial charge is 0.269 e. The molecule has 5 rings (SSSR count). The molecule has 0 atom stereocenters. The van der Waals surface area contributed by atoms with Gasteiger partial charge in [0.25, 0.3) is 5.56 Å². The normalized spacial score (nSPS) is 12.5. The Bertz CT molecular complexity index is 1400. The maximum absolute atomic E-state index is 13.2. The lowest BCUT2D eigenvalue weighted by molar-refractivity contribution is -0.113. The highest BCUT2D eigenvalue weighted by Crippen LogP contribution is 2.32. The summed E-state index contributed by atoms with van der Waals surface area (Å²) in [6.07, 6.45) is 1.44. The highest BCUT2D eigenvalue weighted by atomic mass is 32.2. The number of thioether (sulfide) groups is 1. The molecule has 10 nitrogen and oxygen atoms in total. The first-order chi connectivity index (χ1) is 16.6. The van der Waals surface area contributed by atoms with E-state index in [1.165, 1.54) is 10.8 Å². The van der Waals surface area contributed by atoms with Crippen molar-refractivity contribution in [3.8, 4) is 22.9 Å². The van der Waals surface area contributed by atoms with Gasteiger partial charge in [-0.05, 0) is 43.3 Å². The number of hydrogen-bond acceptors (Lipinski definition) is 8. The first-order valence-corrected chi connectivity index (χ1v) is 11.6. The van der Waals surface area contributed by atoms with E-state index in [2.05, 4.69) is 20.5 Å². The highest BCUT2D eigenvalue weighted by Gasteiger charge is 2.17. The SMILES string of the molecule is CCOc1ccc(-n2c(SCC(=O)Nc3ccc4c(c3)OCCO4)nc3[nH]ncc3c2=O)cc1. The average molecular weight is 480 g/mol. The van der Waals surface area contributed by atoms with Gasteiger partial charge < -0.3 is 19.5 Å². The fraction of sp³-hybridized carbons (Fsp3) is 0.217. The van der Waals surface area contributed by atoms with Gasteiger partial charge in [-0.1, -0.05) is 11.8 Å². The van der Waals surface area contributed by atoms with Crippen molar-refractivity contribution < 1.29 is 19.0 Å². The van der Waals surface area contributed by atoms with Crippen molar-refractivity contribution in [1.29, 1.82) is 0 Å². The molecule has 0 fully saturated rings. The summed E-state index contributed by atoms with van der Waals surface area (Å²) < 4.78 is 18.0. The van der Waals surface area contributed by atoms with Crippen molar-refractivity contribution in [2.75, 3.05) is 30.9 Å². The van der Waals surface area contributed by atoms with E-state index in [9.17, 15) is 9.59 Å². The standard InChI is InChI=1S/C23H21N5O5S/c1-2-31-16-6-4-15(5-7-16)28-22(30)17-12-24-27-21(17)26-23(28)34-13-20(29)25-14-3-8-18-19(11-14)33-10-9-32-18/h3-8,11-12H,2,9-10,13H2,1H3,(H,24,27)(H,25,29). The van der Waals surface area contributed by atoms with Gasteiger partial charge in [-0.15, -0.1) is 0 Å². The zero-order valence-electron chi connectivity index (χ0n) is 18.2. The topological polar surface area (TPSA) is 120 Å². The molecule has 34 heavy (non-hydrogen) atoms. The van der Waals surface area contributed by atoms with Crippen LogP contribution in [0.3, 0.4) is 0 Å². The lowest BCUT2D eigenvalue weighted by Crippen LogP contribution is -2.22. The monoisotopic (exact) mass is 479 g/mol. The molecule has 1 aliphatic heterocycles. The van der Waals surface area contributed by atoms with E-state index < -0.39 is 0 Å². The number of amides is 1. The van der Waals surface area contributed by atoms with Crippen LogP contribution in [-0.2, 0) is 4.79 Å². The molecule has 0 spiro atoms. The van der Waals surface area contributed by atoms with Crippen LogP contribution in [0, 0.1) is 0 Å². The summed E-state index contributed by atoms with van der Waals surface area (Å²) in [5.74, 6) is 1.73. The molecular formula is C23H21N5O5S. The molecule has 2 aromatic heterocycles. The fourth-order valence-electron chi connectivity index (χ4n) is 3.50. The van der Waals surface area contributed by atoms with Crippen molar-refractivity contribution in [3.63, 3.8) is 0 Å². The second-order valence-electron chi connectivity index (χ2n) is 7.29. The van der Waals surface area contributed by atoms with Gasteiger partial charge in [0, 0.05) is 11.8 Å². The molecule has 0 saturated carbocycles. The van der Waals surface area contributed by atoms with E-state index in [0.29, 0.717) is 64.6 Å². The molecule has 0 saturated heterocycles. The third-order valence-electron chi connectivity index (χ3n) is 5.02. The van der Waals surface area contributed by atoms with Crippen LogP contribution in [0.4, 0.5) is 5.69 Å². The third-order valence-corrected chi connectivity index (χ3v) is 5.95. The first kappa shape index (κ1) is 21.8. The molecular weight excluding hydrogens is 458 g/mol. The molecule has 1 amide bonds. The maximum Gasteiger partial charge on any atom is 0.269 e. The Morgan fingerprint density at radius 2 is 1.97 bits per heavy atom. The molecule has 0 unspecified atom stereocenters. The van der Waals surface area contributed by atoms with Crippen LogP contribution in [0.15, 0.2) is 58.6 Å². The van der Waals surface area contributed by atoms with Crippen molar-refractivity contribution in [2.24, 2.45) is 0 Å². The summed E-state index contributed by atoms with van der Waals surface area (Å²) in [5, 5.41) is 10.2. The third kappa shape index (κ3) is 4.42. The lowest BCUT2D eigenvalue weighted by Gasteiger charge is -2.19. The number of benzene rings is 2. The number of aromatic amines is 1. The lowest BCUT2D eigenvalue weighted by atomic mass is 10.2. The summed E-state index contributed by atoms with van der Waals surface area (Å²) in [5.41, 5.74) is 1.29. The van der Waals surface area contributed by atoms with Crippen LogP contribution in [0.5, 0.6) is 17.2 Å².